The van der Waals surface area contributed by atoms with Gasteiger partial charge in [-0.25, -0.2) is 0 Å². The highest BCUT2D eigenvalue weighted by atomic mass is 16.5. The number of hydrogen-bond donors (Lipinski definition) is 1. The fourth-order valence-electron chi connectivity index (χ4n) is 3.57. The first-order valence-electron chi connectivity index (χ1n) is 8.25. The summed E-state index contributed by atoms with van der Waals surface area (Å²) in [6.45, 7) is 0. The van der Waals surface area contributed by atoms with E-state index in [4.69, 9.17) is 15.2 Å². The van der Waals surface area contributed by atoms with Crippen LogP contribution in [-0.4, -0.2) is 13.3 Å². The molecule has 25 heavy (non-hydrogen) atoms. The second-order valence-corrected chi connectivity index (χ2v) is 6.13. The van der Waals surface area contributed by atoms with E-state index in [1.54, 1.807) is 7.11 Å². The number of nitrogens with zero attached hydrogens (tertiary/aromatic N) is 1. The van der Waals surface area contributed by atoms with Crippen LogP contribution in [0.5, 0.6) is 5.75 Å². The van der Waals surface area contributed by atoms with Crippen LogP contribution >= 0.6 is 0 Å². The molecule has 4 rings (SSSR count). The minimum Gasteiger partial charge on any atom is -0.497 e. The zero-order valence-electron chi connectivity index (χ0n) is 14.0. The van der Waals surface area contributed by atoms with E-state index in [1.807, 2.05) is 36.4 Å². The molecule has 2 aliphatic rings. The predicted molar refractivity (Wildman–Crippen MR) is 96.3 cm³/mol. The molecule has 0 fully saturated rings. The molecule has 0 spiro atoms. The Balaban J connectivity index is 1.92. The van der Waals surface area contributed by atoms with E-state index in [9.17, 15) is 5.26 Å². The van der Waals surface area contributed by atoms with Gasteiger partial charge in [-0.2, -0.15) is 5.26 Å². The van der Waals surface area contributed by atoms with Crippen LogP contribution in [-0.2, 0) is 11.2 Å². The Bertz CT molecular complexity index is 933. The minimum absolute atomic E-state index is 0.475. The summed E-state index contributed by atoms with van der Waals surface area (Å²) in [7, 11) is 1.64. The summed E-state index contributed by atoms with van der Waals surface area (Å²) in [5.41, 5.74) is 11.9. The normalized spacial score (nSPS) is 18.8. The first-order valence-corrected chi connectivity index (χ1v) is 8.25. The van der Waals surface area contributed by atoms with Gasteiger partial charge in [-0.1, -0.05) is 36.4 Å². The summed E-state index contributed by atoms with van der Waals surface area (Å²) < 4.78 is 11.2. The van der Waals surface area contributed by atoms with Gasteiger partial charge in [0.2, 0.25) is 0 Å². The molecule has 0 bridgehead atoms. The average Bonchev–Trinajstić information content (AvgIpc) is 2.67. The lowest BCUT2D eigenvalue weighted by Gasteiger charge is -2.32. The van der Waals surface area contributed by atoms with Gasteiger partial charge in [-0.05, 0) is 36.1 Å². The molecule has 1 atom stereocenters. The average molecular weight is 330 g/mol. The highest BCUT2D eigenvalue weighted by Gasteiger charge is 2.33. The summed E-state index contributed by atoms with van der Waals surface area (Å²) in [5, 5.41) is 9.66. The van der Waals surface area contributed by atoms with Crippen molar-refractivity contribution in [1.29, 1.82) is 5.26 Å². The van der Waals surface area contributed by atoms with Crippen molar-refractivity contribution in [2.75, 3.05) is 7.11 Å². The lowest BCUT2D eigenvalue weighted by Crippen LogP contribution is -2.31. The van der Waals surface area contributed by atoms with Gasteiger partial charge in [0, 0.05) is 16.7 Å². The fourth-order valence-corrected chi connectivity index (χ4v) is 3.57. The molecule has 4 heteroatoms. The molecular formula is C21H18N2O2. The second-order valence-electron chi connectivity index (χ2n) is 6.13. The topological polar surface area (TPSA) is 68.3 Å². The third kappa shape index (κ3) is 2.50. The number of nitriles is 1. The Morgan fingerprint density at radius 2 is 1.88 bits per heavy atom. The SMILES string of the molecule is COc1ccc(C2=C(C#N)C(N)OC3=C2CCc2ccccc23)cc1. The minimum atomic E-state index is -0.757. The van der Waals surface area contributed by atoms with Gasteiger partial charge in [0.05, 0.1) is 12.7 Å². The van der Waals surface area contributed by atoms with E-state index in [0.717, 1.165) is 46.6 Å². The fraction of sp³-hybridized carbons (Fsp3) is 0.190. The smallest absolute Gasteiger partial charge is 0.184 e. The van der Waals surface area contributed by atoms with Gasteiger partial charge in [-0.15, -0.1) is 0 Å². The molecule has 0 saturated carbocycles. The van der Waals surface area contributed by atoms with E-state index in [0.29, 0.717) is 5.57 Å². The number of allylic oxidation sites excluding steroid dienone is 2. The zero-order valence-corrected chi connectivity index (χ0v) is 14.0. The van der Waals surface area contributed by atoms with Crippen LogP contribution in [0.15, 0.2) is 59.7 Å². The van der Waals surface area contributed by atoms with Crippen LogP contribution in [0, 0.1) is 11.3 Å². The van der Waals surface area contributed by atoms with E-state index in [2.05, 4.69) is 18.2 Å². The maximum Gasteiger partial charge on any atom is 0.184 e. The number of aryl methyl sites for hydroxylation is 1. The molecular weight excluding hydrogens is 312 g/mol. The van der Waals surface area contributed by atoms with Crippen molar-refractivity contribution in [2.45, 2.75) is 19.1 Å². The molecule has 2 aromatic carbocycles. The summed E-state index contributed by atoms with van der Waals surface area (Å²) >= 11 is 0. The van der Waals surface area contributed by atoms with E-state index in [1.165, 1.54) is 5.56 Å². The Morgan fingerprint density at radius 1 is 1.12 bits per heavy atom. The molecule has 0 radical (unpaired) electrons. The van der Waals surface area contributed by atoms with Crippen LogP contribution in [0.25, 0.3) is 11.3 Å². The third-order valence-electron chi connectivity index (χ3n) is 4.78. The van der Waals surface area contributed by atoms with E-state index >= 15 is 0 Å². The molecule has 2 N–H and O–H groups in total. The monoisotopic (exact) mass is 330 g/mol. The van der Waals surface area contributed by atoms with Crippen LogP contribution in [0.4, 0.5) is 0 Å². The van der Waals surface area contributed by atoms with E-state index in [-0.39, 0.29) is 0 Å². The van der Waals surface area contributed by atoms with Gasteiger partial charge < -0.3 is 9.47 Å². The number of methoxy groups -OCH3 is 1. The van der Waals surface area contributed by atoms with Crippen LogP contribution in [0.2, 0.25) is 0 Å². The summed E-state index contributed by atoms with van der Waals surface area (Å²) in [5.74, 6) is 1.58. The predicted octanol–water partition coefficient (Wildman–Crippen LogP) is 3.64. The highest BCUT2D eigenvalue weighted by Crippen LogP contribution is 2.44. The Labute approximate surface area is 146 Å². The maximum absolute atomic E-state index is 9.66. The maximum atomic E-state index is 9.66. The zero-order chi connectivity index (χ0) is 17.4. The molecule has 1 unspecified atom stereocenters. The molecule has 1 aliphatic carbocycles. The Morgan fingerprint density at radius 3 is 2.60 bits per heavy atom. The van der Waals surface area contributed by atoms with Crippen molar-refractivity contribution >= 4 is 11.3 Å². The van der Waals surface area contributed by atoms with Crippen molar-refractivity contribution in [2.24, 2.45) is 5.73 Å². The second kappa shape index (κ2) is 6.12. The van der Waals surface area contributed by atoms with Crippen LogP contribution in [0.1, 0.15) is 23.1 Å². The molecule has 0 saturated heterocycles. The lowest BCUT2D eigenvalue weighted by atomic mass is 9.81. The van der Waals surface area contributed by atoms with E-state index < -0.39 is 6.23 Å². The van der Waals surface area contributed by atoms with Crippen molar-refractivity contribution < 1.29 is 9.47 Å². The molecule has 0 amide bonds. The number of ether oxygens (including phenoxy) is 2. The van der Waals surface area contributed by atoms with Crippen LogP contribution < -0.4 is 10.5 Å². The summed E-state index contributed by atoms with van der Waals surface area (Å²) in [6, 6.07) is 18.2. The first-order chi connectivity index (χ1) is 12.2. The van der Waals surface area contributed by atoms with Crippen LogP contribution in [0.3, 0.4) is 0 Å². The van der Waals surface area contributed by atoms with Crippen molar-refractivity contribution in [1.82, 2.24) is 0 Å². The molecule has 2 aromatic rings. The van der Waals surface area contributed by atoms with Gasteiger partial charge in [-0.3, -0.25) is 5.73 Å². The highest BCUT2D eigenvalue weighted by molar-refractivity contribution is 5.93. The van der Waals surface area contributed by atoms with Crippen molar-refractivity contribution in [3.8, 4) is 11.8 Å². The number of nitrogens with two attached hydrogens (primary N) is 1. The summed E-state index contributed by atoms with van der Waals surface area (Å²) in [6.07, 6.45) is 0.990. The van der Waals surface area contributed by atoms with Crippen molar-refractivity contribution in [3.05, 3.63) is 76.4 Å². The summed E-state index contributed by atoms with van der Waals surface area (Å²) in [4.78, 5) is 0. The lowest BCUT2D eigenvalue weighted by molar-refractivity contribution is 0.205. The molecule has 1 aliphatic heterocycles. The molecule has 1 heterocycles. The number of hydrogen-bond acceptors (Lipinski definition) is 4. The third-order valence-corrected chi connectivity index (χ3v) is 4.78. The largest absolute Gasteiger partial charge is 0.497 e. The Hall–Kier alpha value is -3.03. The van der Waals surface area contributed by atoms with Gasteiger partial charge in [0.15, 0.2) is 6.23 Å². The number of fused-ring (bicyclic) bond motifs is 2. The number of benzene rings is 2. The van der Waals surface area contributed by atoms with Gasteiger partial charge >= 0.3 is 0 Å². The molecule has 0 aromatic heterocycles. The molecule has 124 valence electrons. The number of rotatable bonds is 2. The van der Waals surface area contributed by atoms with Gasteiger partial charge in [0.1, 0.15) is 17.6 Å². The Kier molecular flexibility index (Phi) is 3.79. The quantitative estimate of drug-likeness (QED) is 0.913. The van der Waals surface area contributed by atoms with Gasteiger partial charge in [0.25, 0.3) is 0 Å². The standard InChI is InChI=1S/C21H18N2O2/c1-24-15-9-6-14(7-10-15)19-17-11-8-13-4-2-3-5-16(13)20(17)25-21(23)18(19)12-22/h2-7,9-10,21H,8,11,23H2,1H3. The van der Waals surface area contributed by atoms with Crippen molar-refractivity contribution in [3.63, 3.8) is 0 Å². The molecule has 4 nitrogen and oxygen atoms in total. The first kappa shape index (κ1) is 15.5.